The zero-order chi connectivity index (χ0) is 17.1. The van der Waals surface area contributed by atoms with Gasteiger partial charge in [-0.3, -0.25) is 14.8 Å². The molecule has 0 radical (unpaired) electrons. The number of rotatable bonds is 4. The van der Waals surface area contributed by atoms with Crippen LogP contribution < -0.4 is 0 Å². The lowest BCUT2D eigenvalue weighted by Crippen LogP contribution is -2.59. The Balaban J connectivity index is 1.45. The molecule has 132 valence electrons. The summed E-state index contributed by atoms with van der Waals surface area (Å²) in [6.45, 7) is 5.19. The molecule has 1 aromatic carbocycles. The van der Waals surface area contributed by atoms with Crippen molar-refractivity contribution in [2.24, 2.45) is 0 Å². The Morgan fingerprint density at radius 1 is 1.08 bits per heavy atom. The van der Waals surface area contributed by atoms with Crippen molar-refractivity contribution in [3.8, 4) is 0 Å². The van der Waals surface area contributed by atoms with Gasteiger partial charge in [0.2, 0.25) is 0 Å². The number of hydrogen-bond acceptors (Lipinski definition) is 4. The number of fused-ring (bicyclic) bond motifs is 1. The molecule has 4 rings (SSSR count). The average Bonchev–Trinajstić information content (AvgIpc) is 2.65. The molecule has 5 heteroatoms. The van der Waals surface area contributed by atoms with Crippen LogP contribution in [0, 0.1) is 5.82 Å². The number of ether oxygens (including phenoxy) is 1. The Bertz CT molecular complexity index is 696. The quantitative estimate of drug-likeness (QED) is 0.855. The van der Waals surface area contributed by atoms with E-state index < -0.39 is 0 Å². The smallest absolute Gasteiger partial charge is 0.127 e. The van der Waals surface area contributed by atoms with E-state index in [0.717, 1.165) is 44.8 Å². The van der Waals surface area contributed by atoms with Crippen molar-refractivity contribution in [1.82, 2.24) is 14.8 Å². The van der Waals surface area contributed by atoms with Crippen LogP contribution >= 0.6 is 0 Å². The van der Waals surface area contributed by atoms with E-state index in [1.165, 1.54) is 5.56 Å². The molecule has 0 N–H and O–H groups in total. The van der Waals surface area contributed by atoms with E-state index in [0.29, 0.717) is 12.6 Å². The molecule has 2 fully saturated rings. The molecule has 2 aromatic rings. The second kappa shape index (κ2) is 7.60. The number of halogens is 1. The first kappa shape index (κ1) is 16.6. The van der Waals surface area contributed by atoms with Crippen LogP contribution in [0.1, 0.15) is 17.5 Å². The van der Waals surface area contributed by atoms with E-state index >= 15 is 0 Å². The summed E-state index contributed by atoms with van der Waals surface area (Å²) in [5.41, 5.74) is 2.06. The average molecular weight is 341 g/mol. The van der Waals surface area contributed by atoms with Gasteiger partial charge in [0.1, 0.15) is 5.82 Å². The fraction of sp³-hybridized carbons (Fsp3) is 0.450. The molecule has 0 saturated carbocycles. The van der Waals surface area contributed by atoms with Gasteiger partial charge in [0, 0.05) is 56.7 Å². The minimum Gasteiger partial charge on any atom is -0.375 e. The second-order valence-corrected chi connectivity index (χ2v) is 6.92. The van der Waals surface area contributed by atoms with Gasteiger partial charge in [-0.1, -0.05) is 18.2 Å². The van der Waals surface area contributed by atoms with Gasteiger partial charge in [0.15, 0.2) is 0 Å². The zero-order valence-electron chi connectivity index (χ0n) is 14.4. The number of likely N-dealkylation sites (tertiary alicyclic amines) is 1. The number of hydrogen-bond donors (Lipinski definition) is 0. The molecule has 0 amide bonds. The maximum atomic E-state index is 14.0. The normalized spacial score (nSPS) is 24.8. The van der Waals surface area contributed by atoms with E-state index in [2.05, 4.69) is 26.9 Å². The summed E-state index contributed by atoms with van der Waals surface area (Å²) in [4.78, 5) is 8.97. The molecule has 0 spiro atoms. The van der Waals surface area contributed by atoms with E-state index in [4.69, 9.17) is 4.74 Å². The van der Waals surface area contributed by atoms with Gasteiger partial charge in [-0.15, -0.1) is 0 Å². The van der Waals surface area contributed by atoms with Crippen molar-refractivity contribution < 1.29 is 9.13 Å². The van der Waals surface area contributed by atoms with Crippen molar-refractivity contribution in [2.45, 2.75) is 31.7 Å². The molecule has 2 aliphatic heterocycles. The van der Waals surface area contributed by atoms with Crippen LogP contribution in [0.15, 0.2) is 48.8 Å². The number of nitrogens with zero attached hydrogens (tertiary/aromatic N) is 3. The number of piperidine rings is 1. The number of aromatic nitrogens is 1. The molecule has 0 unspecified atom stereocenters. The first-order valence-electron chi connectivity index (χ1n) is 9.00. The third kappa shape index (κ3) is 3.89. The summed E-state index contributed by atoms with van der Waals surface area (Å²) in [6, 6.07) is 11.6. The third-order valence-electron chi connectivity index (χ3n) is 5.27. The predicted octanol–water partition coefficient (Wildman–Crippen LogP) is 2.70. The minimum atomic E-state index is -0.113. The monoisotopic (exact) mass is 341 g/mol. The maximum Gasteiger partial charge on any atom is 0.127 e. The Kier molecular flexibility index (Phi) is 5.06. The summed E-state index contributed by atoms with van der Waals surface area (Å²) in [5.74, 6) is -0.113. The van der Waals surface area contributed by atoms with Crippen LogP contribution in [0.3, 0.4) is 0 Å². The molecule has 0 bridgehead atoms. The largest absolute Gasteiger partial charge is 0.375 e. The Morgan fingerprint density at radius 3 is 2.76 bits per heavy atom. The van der Waals surface area contributed by atoms with E-state index in [1.54, 1.807) is 12.1 Å². The van der Waals surface area contributed by atoms with Gasteiger partial charge >= 0.3 is 0 Å². The fourth-order valence-electron chi connectivity index (χ4n) is 3.94. The second-order valence-electron chi connectivity index (χ2n) is 6.92. The minimum absolute atomic E-state index is 0.113. The summed E-state index contributed by atoms with van der Waals surface area (Å²) in [6.07, 6.45) is 4.98. The van der Waals surface area contributed by atoms with Gasteiger partial charge in [0.05, 0.1) is 12.7 Å². The predicted molar refractivity (Wildman–Crippen MR) is 94.5 cm³/mol. The lowest BCUT2D eigenvalue weighted by molar-refractivity contribution is -0.107. The topological polar surface area (TPSA) is 28.6 Å². The molecular formula is C20H24FN3O. The highest BCUT2D eigenvalue weighted by Gasteiger charge is 2.37. The fourth-order valence-corrected chi connectivity index (χ4v) is 3.94. The number of morpholine rings is 1. The first-order valence-corrected chi connectivity index (χ1v) is 9.00. The summed E-state index contributed by atoms with van der Waals surface area (Å²) in [5, 5.41) is 0. The van der Waals surface area contributed by atoms with Gasteiger partial charge < -0.3 is 4.74 Å². The molecule has 0 aliphatic carbocycles. The molecule has 4 nitrogen and oxygen atoms in total. The summed E-state index contributed by atoms with van der Waals surface area (Å²) in [7, 11) is 0. The third-order valence-corrected chi connectivity index (χ3v) is 5.27. The zero-order valence-corrected chi connectivity index (χ0v) is 14.4. The van der Waals surface area contributed by atoms with Gasteiger partial charge in [-0.05, 0) is 30.2 Å². The lowest BCUT2D eigenvalue weighted by atomic mass is 9.97. The van der Waals surface area contributed by atoms with Gasteiger partial charge in [-0.25, -0.2) is 4.39 Å². The molecule has 3 heterocycles. The molecule has 2 atom stereocenters. The highest BCUT2D eigenvalue weighted by atomic mass is 19.1. The standard InChI is InChI=1S/C20H24FN3O/c21-18-4-2-1-3-17(18)14-23-10-7-20-19(15-23)24(11-12-25-20)13-16-5-8-22-9-6-16/h1-6,8-9,19-20H,7,10-15H2/t19-,20-/m0/s1. The van der Waals surface area contributed by atoms with Crippen molar-refractivity contribution in [3.63, 3.8) is 0 Å². The molecule has 2 saturated heterocycles. The molecule has 2 aliphatic rings. The Morgan fingerprint density at radius 2 is 1.92 bits per heavy atom. The summed E-state index contributed by atoms with van der Waals surface area (Å²) < 4.78 is 20.0. The van der Waals surface area contributed by atoms with Crippen LogP contribution in [-0.4, -0.2) is 53.2 Å². The van der Waals surface area contributed by atoms with E-state index in [-0.39, 0.29) is 11.9 Å². The van der Waals surface area contributed by atoms with Crippen molar-refractivity contribution in [3.05, 3.63) is 65.7 Å². The summed E-state index contributed by atoms with van der Waals surface area (Å²) >= 11 is 0. The van der Waals surface area contributed by atoms with Gasteiger partial charge in [0.25, 0.3) is 0 Å². The first-order chi connectivity index (χ1) is 12.3. The highest BCUT2D eigenvalue weighted by Crippen LogP contribution is 2.26. The van der Waals surface area contributed by atoms with Crippen molar-refractivity contribution in [1.29, 1.82) is 0 Å². The van der Waals surface area contributed by atoms with Crippen molar-refractivity contribution in [2.75, 3.05) is 26.2 Å². The highest BCUT2D eigenvalue weighted by molar-refractivity contribution is 5.17. The number of pyridine rings is 1. The lowest BCUT2D eigenvalue weighted by Gasteiger charge is -2.47. The molecule has 25 heavy (non-hydrogen) atoms. The van der Waals surface area contributed by atoms with E-state index in [1.807, 2.05) is 24.5 Å². The van der Waals surface area contributed by atoms with Gasteiger partial charge in [-0.2, -0.15) is 0 Å². The van der Waals surface area contributed by atoms with Crippen LogP contribution in [0.2, 0.25) is 0 Å². The Labute approximate surface area is 148 Å². The SMILES string of the molecule is Fc1ccccc1CN1CC[C@@H]2OCCN(Cc3ccncc3)[C@H]2C1. The molecular weight excluding hydrogens is 317 g/mol. The van der Waals surface area contributed by atoms with E-state index in [9.17, 15) is 4.39 Å². The maximum absolute atomic E-state index is 14.0. The van der Waals surface area contributed by atoms with Crippen LogP contribution in [-0.2, 0) is 17.8 Å². The number of benzene rings is 1. The van der Waals surface area contributed by atoms with Crippen molar-refractivity contribution >= 4 is 0 Å². The van der Waals surface area contributed by atoms with Crippen LogP contribution in [0.25, 0.3) is 0 Å². The van der Waals surface area contributed by atoms with Crippen LogP contribution in [0.4, 0.5) is 4.39 Å². The molecule has 1 aromatic heterocycles. The van der Waals surface area contributed by atoms with Crippen LogP contribution in [0.5, 0.6) is 0 Å². The Hall–Kier alpha value is -1.82.